The van der Waals surface area contributed by atoms with Gasteiger partial charge >= 0.3 is 0 Å². The van der Waals surface area contributed by atoms with Gasteiger partial charge in [-0.25, -0.2) is 15.0 Å². The van der Waals surface area contributed by atoms with Crippen molar-refractivity contribution in [2.24, 2.45) is 0 Å². The summed E-state index contributed by atoms with van der Waals surface area (Å²) < 4.78 is 0. The summed E-state index contributed by atoms with van der Waals surface area (Å²) in [7, 11) is 0. The molecule has 2 heterocycles. The fourth-order valence-corrected chi connectivity index (χ4v) is 1.81. The molecule has 0 radical (unpaired) electrons. The number of nitrogens with one attached hydrogen (secondary N) is 1. The van der Waals surface area contributed by atoms with E-state index in [2.05, 4.69) is 33.8 Å². The third-order valence-electron chi connectivity index (χ3n) is 2.59. The SMILES string of the molecule is Cc1cnc(-c2nc(C(C)C)c(C)[nH]2)nc1Cl. The summed E-state index contributed by atoms with van der Waals surface area (Å²) >= 11 is 5.98. The maximum absolute atomic E-state index is 5.98. The van der Waals surface area contributed by atoms with Gasteiger partial charge in [-0.05, 0) is 19.8 Å². The zero-order valence-electron chi connectivity index (χ0n) is 10.4. The quantitative estimate of drug-likeness (QED) is 0.833. The van der Waals surface area contributed by atoms with Crippen LogP contribution in [0.1, 0.15) is 36.7 Å². The average molecular weight is 251 g/mol. The van der Waals surface area contributed by atoms with Crippen molar-refractivity contribution in [3.8, 4) is 11.6 Å². The first-order chi connectivity index (χ1) is 7.99. The van der Waals surface area contributed by atoms with Crippen molar-refractivity contribution < 1.29 is 0 Å². The normalized spacial score (nSPS) is 11.2. The lowest BCUT2D eigenvalue weighted by atomic mass is 10.1. The Labute approximate surface area is 105 Å². The Morgan fingerprint density at radius 3 is 2.47 bits per heavy atom. The number of aromatic amines is 1. The summed E-state index contributed by atoms with van der Waals surface area (Å²) in [6.45, 7) is 8.09. The number of nitrogens with zero attached hydrogens (tertiary/aromatic N) is 3. The fourth-order valence-electron chi connectivity index (χ4n) is 1.68. The molecule has 0 aliphatic carbocycles. The Balaban J connectivity index is 2.46. The molecule has 2 rings (SSSR count). The molecule has 2 aromatic rings. The zero-order valence-corrected chi connectivity index (χ0v) is 11.1. The maximum atomic E-state index is 5.98. The number of halogens is 1. The van der Waals surface area contributed by atoms with Crippen LogP contribution in [0.4, 0.5) is 0 Å². The highest BCUT2D eigenvalue weighted by Crippen LogP contribution is 2.21. The number of rotatable bonds is 2. The van der Waals surface area contributed by atoms with Crippen LogP contribution in [0.15, 0.2) is 6.20 Å². The molecule has 0 spiro atoms. The monoisotopic (exact) mass is 250 g/mol. The van der Waals surface area contributed by atoms with Crippen molar-refractivity contribution in [3.63, 3.8) is 0 Å². The van der Waals surface area contributed by atoms with Crippen LogP contribution in [0, 0.1) is 13.8 Å². The second-order valence-electron chi connectivity index (χ2n) is 4.42. The van der Waals surface area contributed by atoms with E-state index < -0.39 is 0 Å². The van der Waals surface area contributed by atoms with Crippen molar-refractivity contribution in [2.45, 2.75) is 33.6 Å². The van der Waals surface area contributed by atoms with Gasteiger partial charge in [-0.15, -0.1) is 0 Å². The predicted molar refractivity (Wildman–Crippen MR) is 68.2 cm³/mol. The summed E-state index contributed by atoms with van der Waals surface area (Å²) in [6, 6.07) is 0. The smallest absolute Gasteiger partial charge is 0.197 e. The Kier molecular flexibility index (Phi) is 3.15. The number of aromatic nitrogens is 4. The molecule has 0 fully saturated rings. The van der Waals surface area contributed by atoms with Crippen LogP contribution >= 0.6 is 11.6 Å². The Morgan fingerprint density at radius 2 is 1.94 bits per heavy atom. The molecule has 2 aromatic heterocycles. The third kappa shape index (κ3) is 2.31. The first kappa shape index (κ1) is 12.0. The molecular weight excluding hydrogens is 236 g/mol. The first-order valence-corrected chi connectivity index (χ1v) is 5.93. The molecule has 90 valence electrons. The Bertz CT molecular complexity index is 545. The van der Waals surface area contributed by atoms with Crippen molar-refractivity contribution >= 4 is 11.6 Å². The molecule has 4 nitrogen and oxygen atoms in total. The van der Waals surface area contributed by atoms with Gasteiger partial charge in [-0.2, -0.15) is 0 Å². The number of aryl methyl sites for hydroxylation is 2. The van der Waals surface area contributed by atoms with E-state index in [0.717, 1.165) is 17.0 Å². The fraction of sp³-hybridized carbons (Fsp3) is 0.417. The van der Waals surface area contributed by atoms with Crippen LogP contribution in [0.2, 0.25) is 5.15 Å². The minimum absolute atomic E-state index is 0.376. The summed E-state index contributed by atoms with van der Waals surface area (Å²) in [6.07, 6.45) is 1.71. The summed E-state index contributed by atoms with van der Waals surface area (Å²) in [5.74, 6) is 1.59. The molecule has 1 N–H and O–H groups in total. The van der Waals surface area contributed by atoms with Gasteiger partial charge < -0.3 is 4.98 Å². The lowest BCUT2D eigenvalue weighted by Gasteiger charge is -2.00. The second-order valence-corrected chi connectivity index (χ2v) is 4.78. The standard InChI is InChI=1S/C12H15ClN4/c1-6(2)9-8(4)15-12(16-9)11-14-5-7(3)10(13)17-11/h5-6H,1-4H3,(H,15,16). The van der Waals surface area contributed by atoms with E-state index in [1.54, 1.807) is 6.20 Å². The van der Waals surface area contributed by atoms with Crippen LogP contribution in [-0.4, -0.2) is 19.9 Å². The lowest BCUT2D eigenvalue weighted by Crippen LogP contribution is -1.93. The largest absolute Gasteiger partial charge is 0.339 e. The van der Waals surface area contributed by atoms with Crippen LogP contribution < -0.4 is 0 Å². The minimum Gasteiger partial charge on any atom is -0.339 e. The highest BCUT2D eigenvalue weighted by atomic mass is 35.5. The molecule has 0 aliphatic heterocycles. The molecule has 0 amide bonds. The van der Waals surface area contributed by atoms with E-state index in [4.69, 9.17) is 11.6 Å². The van der Waals surface area contributed by atoms with Crippen LogP contribution in [-0.2, 0) is 0 Å². The first-order valence-electron chi connectivity index (χ1n) is 5.55. The average Bonchev–Trinajstić information content (AvgIpc) is 2.64. The van der Waals surface area contributed by atoms with Gasteiger partial charge in [0, 0.05) is 17.5 Å². The van der Waals surface area contributed by atoms with E-state index in [1.807, 2.05) is 13.8 Å². The van der Waals surface area contributed by atoms with Crippen molar-refractivity contribution in [1.29, 1.82) is 0 Å². The molecule has 5 heteroatoms. The molecule has 0 saturated heterocycles. The molecule has 0 bridgehead atoms. The van der Waals surface area contributed by atoms with Gasteiger partial charge in [-0.1, -0.05) is 25.4 Å². The predicted octanol–water partition coefficient (Wildman–Crippen LogP) is 3.26. The molecule has 0 aliphatic rings. The van der Waals surface area contributed by atoms with Gasteiger partial charge in [0.05, 0.1) is 5.69 Å². The van der Waals surface area contributed by atoms with Gasteiger partial charge in [0.1, 0.15) is 5.15 Å². The van der Waals surface area contributed by atoms with Gasteiger partial charge in [0.25, 0.3) is 0 Å². The van der Waals surface area contributed by atoms with Crippen LogP contribution in [0.5, 0.6) is 0 Å². The second kappa shape index (κ2) is 4.45. The topological polar surface area (TPSA) is 54.5 Å². The van der Waals surface area contributed by atoms with Gasteiger partial charge in [0.2, 0.25) is 0 Å². The Hall–Kier alpha value is -1.42. The number of hydrogen-bond acceptors (Lipinski definition) is 3. The zero-order chi connectivity index (χ0) is 12.6. The van der Waals surface area contributed by atoms with Crippen molar-refractivity contribution in [1.82, 2.24) is 19.9 Å². The van der Waals surface area contributed by atoms with E-state index in [1.165, 1.54) is 0 Å². The van der Waals surface area contributed by atoms with E-state index >= 15 is 0 Å². The van der Waals surface area contributed by atoms with E-state index in [9.17, 15) is 0 Å². The number of hydrogen-bond donors (Lipinski definition) is 1. The maximum Gasteiger partial charge on any atom is 0.197 e. The molecule has 0 aromatic carbocycles. The van der Waals surface area contributed by atoms with Gasteiger partial charge in [-0.3, -0.25) is 0 Å². The molecule has 0 atom stereocenters. The number of H-pyrrole nitrogens is 1. The number of imidazole rings is 1. The third-order valence-corrected chi connectivity index (χ3v) is 2.97. The van der Waals surface area contributed by atoms with E-state index in [0.29, 0.717) is 22.7 Å². The Morgan fingerprint density at radius 1 is 1.24 bits per heavy atom. The molecular formula is C12H15ClN4. The lowest BCUT2D eigenvalue weighted by molar-refractivity contribution is 0.822. The minimum atomic E-state index is 0.376. The highest BCUT2D eigenvalue weighted by Gasteiger charge is 2.13. The van der Waals surface area contributed by atoms with Crippen molar-refractivity contribution in [2.75, 3.05) is 0 Å². The summed E-state index contributed by atoms with van der Waals surface area (Å²) in [4.78, 5) is 16.2. The van der Waals surface area contributed by atoms with Crippen LogP contribution in [0.25, 0.3) is 11.6 Å². The molecule has 17 heavy (non-hydrogen) atoms. The molecule has 0 saturated carbocycles. The summed E-state index contributed by atoms with van der Waals surface area (Å²) in [5.41, 5.74) is 2.96. The summed E-state index contributed by atoms with van der Waals surface area (Å²) in [5, 5.41) is 0.468. The van der Waals surface area contributed by atoms with Crippen molar-refractivity contribution in [3.05, 3.63) is 28.3 Å². The molecule has 0 unspecified atom stereocenters. The van der Waals surface area contributed by atoms with Crippen LogP contribution in [0.3, 0.4) is 0 Å². The highest BCUT2D eigenvalue weighted by molar-refractivity contribution is 6.30. The van der Waals surface area contributed by atoms with Gasteiger partial charge in [0.15, 0.2) is 11.6 Å². The van der Waals surface area contributed by atoms with E-state index in [-0.39, 0.29) is 0 Å².